The maximum absolute atomic E-state index is 7.68. The first-order valence-corrected chi connectivity index (χ1v) is 3.61. The van der Waals surface area contributed by atoms with Crippen LogP contribution in [0.1, 0.15) is 1.37 Å². The lowest BCUT2D eigenvalue weighted by atomic mass is 10.2. The van der Waals surface area contributed by atoms with E-state index in [0.29, 0.717) is 25.8 Å². The minimum atomic E-state index is -0.921. The molecule has 0 aromatic heterocycles. The van der Waals surface area contributed by atoms with Crippen molar-refractivity contribution in [2.75, 3.05) is 19.8 Å². The van der Waals surface area contributed by atoms with Crippen LogP contribution in [0, 0.1) is 18.2 Å². The maximum Gasteiger partial charge on any atom is 0.0937 e. The topological polar surface area (TPSA) is 24.8 Å². The Balaban J connectivity index is 2.00. The zero-order chi connectivity index (χ0) is 8.60. The second kappa shape index (κ2) is 2.55. The second-order valence-corrected chi connectivity index (χ2v) is 2.70. The van der Waals surface area contributed by atoms with Gasteiger partial charge in [0.2, 0.25) is 0 Å². The van der Waals surface area contributed by atoms with E-state index >= 15 is 0 Å². The van der Waals surface area contributed by atoms with Crippen LogP contribution in [0.4, 0.5) is 0 Å². The summed E-state index contributed by atoms with van der Waals surface area (Å²) in [5, 5.41) is 5.92. The van der Waals surface area contributed by atoms with Gasteiger partial charge in [-0.05, 0) is 0 Å². The van der Waals surface area contributed by atoms with Gasteiger partial charge in [-0.15, -0.1) is 6.42 Å². The van der Waals surface area contributed by atoms with Crippen LogP contribution in [0.3, 0.4) is 0 Å². The van der Waals surface area contributed by atoms with Gasteiger partial charge in [-0.3, -0.25) is 5.01 Å². The number of hydrogen-bond acceptors (Lipinski definition) is 3. The molecule has 0 saturated carbocycles. The van der Waals surface area contributed by atoms with E-state index in [4.69, 9.17) is 12.5 Å². The van der Waals surface area contributed by atoms with E-state index in [1.165, 1.54) is 6.21 Å². The molecule has 1 unspecified atom stereocenters. The van der Waals surface area contributed by atoms with Crippen LogP contribution >= 0.6 is 0 Å². The highest BCUT2D eigenvalue weighted by Gasteiger charge is 2.28. The summed E-state index contributed by atoms with van der Waals surface area (Å²) in [6.45, 7) is 1.91. The predicted molar refractivity (Wildman–Crippen MR) is 42.1 cm³/mol. The average molecular weight is 151 g/mol. The summed E-state index contributed by atoms with van der Waals surface area (Å²) in [6.07, 6.45) is 6.72. The summed E-state index contributed by atoms with van der Waals surface area (Å²) in [4.78, 5) is 0. The van der Waals surface area contributed by atoms with Gasteiger partial charge in [0.1, 0.15) is 0 Å². The molecule has 0 aromatic rings. The Morgan fingerprint density at radius 3 is 3.09 bits per heavy atom. The van der Waals surface area contributed by atoms with Gasteiger partial charge in [0, 0.05) is 6.21 Å². The maximum atomic E-state index is 7.68. The summed E-state index contributed by atoms with van der Waals surface area (Å²) in [5.41, 5.74) is 0. The lowest BCUT2D eigenvalue weighted by Crippen LogP contribution is -2.46. The molecule has 0 amide bonds. The minimum Gasteiger partial charge on any atom is -0.377 e. The molecule has 0 aliphatic carbocycles. The van der Waals surface area contributed by atoms with Crippen molar-refractivity contribution in [3.05, 3.63) is 0 Å². The van der Waals surface area contributed by atoms with Crippen molar-refractivity contribution < 1.29 is 6.11 Å². The Morgan fingerprint density at radius 1 is 1.82 bits per heavy atom. The van der Waals surface area contributed by atoms with Gasteiger partial charge in [-0.25, -0.2) is 0 Å². The van der Waals surface area contributed by atoms with E-state index in [2.05, 4.69) is 11.0 Å². The number of hydrazone groups is 1. The van der Waals surface area contributed by atoms with Crippen LogP contribution in [0.2, 0.25) is 0 Å². The van der Waals surface area contributed by atoms with E-state index in [9.17, 15) is 0 Å². The van der Waals surface area contributed by atoms with Gasteiger partial charge in [0.15, 0.2) is 0 Å². The summed E-state index contributed by atoms with van der Waals surface area (Å²) in [7, 11) is 0. The monoisotopic (exact) mass is 151 g/mol. The van der Waals surface area contributed by atoms with Crippen LogP contribution in [0.5, 0.6) is 0 Å². The quantitative estimate of drug-likeness (QED) is 0.490. The van der Waals surface area contributed by atoms with Gasteiger partial charge in [-0.1, -0.05) is 5.92 Å². The first-order chi connectivity index (χ1) is 5.73. The molecule has 1 fully saturated rings. The largest absolute Gasteiger partial charge is 0.377 e. The Kier molecular flexibility index (Phi) is 1.30. The molecule has 3 nitrogen and oxygen atoms in total. The minimum absolute atomic E-state index is 0.335. The Hall–Kier alpha value is -1.01. The Morgan fingerprint density at radius 2 is 2.64 bits per heavy atom. The molecule has 0 aromatic carbocycles. The van der Waals surface area contributed by atoms with Gasteiger partial charge in [-0.2, -0.15) is 5.10 Å². The second-order valence-electron chi connectivity index (χ2n) is 2.70. The first-order valence-electron chi connectivity index (χ1n) is 4.11. The van der Waals surface area contributed by atoms with E-state index in [1.54, 1.807) is 0 Å². The molecule has 3 heteroatoms. The smallest absolute Gasteiger partial charge is 0.0937 e. The van der Waals surface area contributed by atoms with E-state index in [-0.39, 0.29) is 0 Å². The fraction of sp³-hybridized carbons (Fsp3) is 0.625. The fourth-order valence-corrected chi connectivity index (χ4v) is 1.10. The zero-order valence-electron chi connectivity index (χ0n) is 7.16. The van der Waals surface area contributed by atoms with E-state index < -0.39 is 5.89 Å². The van der Waals surface area contributed by atoms with E-state index in [1.807, 2.05) is 5.01 Å². The predicted octanol–water partition coefficient (Wildman–Crippen LogP) is -0.0640. The Labute approximate surface area is 67.4 Å². The molecule has 11 heavy (non-hydrogen) atoms. The molecule has 0 bridgehead atoms. The van der Waals surface area contributed by atoms with Crippen molar-refractivity contribution in [3.8, 4) is 12.3 Å². The molecule has 2 heterocycles. The summed E-state index contributed by atoms with van der Waals surface area (Å²) in [6, 6.07) is 0.335. The first kappa shape index (κ1) is 5.62. The molecule has 1 atom stereocenters. The standard InChI is InChI=1S/C8H10N2O/c1-2-7-3-9-10(4-7)8-5-11-6-8/h1,3,7-8H,4-6H2/i7D. The van der Waals surface area contributed by atoms with Crippen molar-refractivity contribution in [2.45, 2.75) is 6.04 Å². The highest BCUT2D eigenvalue weighted by molar-refractivity contribution is 5.66. The average Bonchev–Trinajstić information content (AvgIpc) is 2.31. The van der Waals surface area contributed by atoms with Crippen LogP contribution < -0.4 is 0 Å². The Bertz CT molecular complexity index is 256. The third-order valence-electron chi connectivity index (χ3n) is 1.92. The van der Waals surface area contributed by atoms with Crippen molar-refractivity contribution in [2.24, 2.45) is 11.0 Å². The van der Waals surface area contributed by atoms with Crippen LogP contribution in [-0.2, 0) is 4.74 Å². The van der Waals surface area contributed by atoms with Crippen LogP contribution in [-0.4, -0.2) is 37.0 Å². The summed E-state index contributed by atoms with van der Waals surface area (Å²) >= 11 is 0. The molecule has 0 spiro atoms. The van der Waals surface area contributed by atoms with Crippen molar-refractivity contribution >= 4 is 6.21 Å². The molecule has 0 N–H and O–H groups in total. The molecule has 0 radical (unpaired) electrons. The summed E-state index contributed by atoms with van der Waals surface area (Å²) < 4.78 is 12.7. The third kappa shape index (κ3) is 1.10. The van der Waals surface area contributed by atoms with E-state index in [0.717, 1.165) is 0 Å². The number of rotatable bonds is 1. The number of ether oxygens (including phenoxy) is 1. The zero-order valence-corrected chi connectivity index (χ0v) is 6.16. The molecule has 58 valence electrons. The van der Waals surface area contributed by atoms with Gasteiger partial charge in [0.25, 0.3) is 0 Å². The SMILES string of the molecule is [2H]C1(C#C)C=NN(C2COC2)C1. The molecule has 2 aliphatic heterocycles. The third-order valence-corrected chi connectivity index (χ3v) is 1.92. The van der Waals surface area contributed by atoms with Crippen molar-refractivity contribution in [1.29, 1.82) is 0 Å². The summed E-state index contributed by atoms with van der Waals surface area (Å²) in [5.74, 6) is 1.49. The molecular formula is C8H10N2O. The van der Waals surface area contributed by atoms with Gasteiger partial charge in [0.05, 0.1) is 33.1 Å². The number of nitrogens with zero attached hydrogens (tertiary/aromatic N) is 2. The normalized spacial score (nSPS) is 38.1. The molecule has 2 rings (SSSR count). The lowest BCUT2D eigenvalue weighted by molar-refractivity contribution is -0.0616. The highest BCUT2D eigenvalue weighted by atomic mass is 16.5. The van der Waals surface area contributed by atoms with Gasteiger partial charge >= 0.3 is 0 Å². The fourth-order valence-electron chi connectivity index (χ4n) is 1.10. The van der Waals surface area contributed by atoms with Crippen LogP contribution in [0.15, 0.2) is 5.10 Å². The van der Waals surface area contributed by atoms with Crippen molar-refractivity contribution in [1.82, 2.24) is 5.01 Å². The van der Waals surface area contributed by atoms with Crippen LogP contribution in [0.25, 0.3) is 0 Å². The van der Waals surface area contributed by atoms with Gasteiger partial charge < -0.3 is 4.74 Å². The number of terminal acetylenes is 1. The highest BCUT2D eigenvalue weighted by Crippen LogP contribution is 2.16. The molecular weight excluding hydrogens is 140 g/mol. The molecule has 1 saturated heterocycles. The number of hydrogen-bond donors (Lipinski definition) is 0. The van der Waals surface area contributed by atoms with Crippen molar-refractivity contribution in [3.63, 3.8) is 0 Å². The lowest BCUT2D eigenvalue weighted by Gasteiger charge is -2.33. The molecule has 2 aliphatic rings.